The van der Waals surface area contributed by atoms with E-state index in [0.29, 0.717) is 25.9 Å². The molecule has 7 nitrogen and oxygen atoms in total. The van der Waals surface area contributed by atoms with Gasteiger partial charge in [-0.2, -0.15) is 4.31 Å². The molecule has 0 spiro atoms. The fourth-order valence-corrected chi connectivity index (χ4v) is 6.49. The van der Waals surface area contributed by atoms with Crippen LogP contribution < -0.4 is 5.32 Å². The first kappa shape index (κ1) is 24.9. The van der Waals surface area contributed by atoms with Crippen LogP contribution in [0.5, 0.6) is 0 Å². The van der Waals surface area contributed by atoms with Crippen molar-refractivity contribution >= 4 is 15.9 Å². The van der Waals surface area contributed by atoms with E-state index in [1.54, 1.807) is 17.0 Å². The summed E-state index contributed by atoms with van der Waals surface area (Å²) in [5, 5.41) is 3.25. The highest BCUT2D eigenvalue weighted by Gasteiger charge is 2.36. The second-order valence-corrected chi connectivity index (χ2v) is 11.3. The number of piperazine rings is 1. The minimum absolute atomic E-state index is 0.0986. The van der Waals surface area contributed by atoms with Gasteiger partial charge in [0, 0.05) is 51.9 Å². The van der Waals surface area contributed by atoms with Crippen LogP contribution in [0.4, 0.5) is 0 Å². The van der Waals surface area contributed by atoms with Crippen molar-refractivity contribution in [1.29, 1.82) is 0 Å². The van der Waals surface area contributed by atoms with Gasteiger partial charge < -0.3 is 10.2 Å². The highest BCUT2D eigenvalue weighted by molar-refractivity contribution is 7.89. The minimum Gasteiger partial charge on any atom is -0.339 e. The van der Waals surface area contributed by atoms with Gasteiger partial charge >= 0.3 is 0 Å². The van der Waals surface area contributed by atoms with Crippen molar-refractivity contribution in [3.8, 4) is 0 Å². The molecule has 2 heterocycles. The molecule has 34 heavy (non-hydrogen) atoms. The molecule has 2 fully saturated rings. The smallest absolute Gasteiger partial charge is 0.243 e. The maximum Gasteiger partial charge on any atom is 0.243 e. The largest absolute Gasteiger partial charge is 0.339 e. The van der Waals surface area contributed by atoms with Gasteiger partial charge in [-0.1, -0.05) is 36.4 Å². The lowest BCUT2D eigenvalue weighted by Gasteiger charge is -2.38. The molecule has 2 aromatic carbocycles. The minimum atomic E-state index is -3.80. The topological polar surface area (TPSA) is 73.0 Å². The fraction of sp³-hybridized carbons (Fsp3) is 0.500. The second kappa shape index (κ2) is 11.0. The van der Waals surface area contributed by atoms with Gasteiger partial charge in [0.05, 0.1) is 11.4 Å². The predicted octanol–water partition coefficient (Wildman–Crippen LogP) is 2.39. The van der Waals surface area contributed by atoms with Crippen molar-refractivity contribution in [2.75, 3.05) is 45.8 Å². The zero-order valence-corrected chi connectivity index (χ0v) is 21.1. The van der Waals surface area contributed by atoms with Crippen molar-refractivity contribution < 1.29 is 13.2 Å². The van der Waals surface area contributed by atoms with E-state index in [-0.39, 0.29) is 23.4 Å². The van der Waals surface area contributed by atoms with Gasteiger partial charge in [-0.3, -0.25) is 9.69 Å². The molecule has 0 bridgehead atoms. The number of hydrogen-bond donors (Lipinski definition) is 1. The van der Waals surface area contributed by atoms with E-state index in [9.17, 15) is 13.2 Å². The van der Waals surface area contributed by atoms with Gasteiger partial charge in [0.1, 0.15) is 0 Å². The van der Waals surface area contributed by atoms with Gasteiger partial charge in [0.25, 0.3) is 0 Å². The number of nitrogens with zero attached hydrogens (tertiary/aromatic N) is 3. The maximum absolute atomic E-state index is 13.8. The Kier molecular flexibility index (Phi) is 8.03. The van der Waals surface area contributed by atoms with Crippen LogP contribution in [0.1, 0.15) is 29.5 Å². The lowest BCUT2D eigenvalue weighted by molar-refractivity contribution is -0.132. The highest BCUT2D eigenvalue weighted by Crippen LogP contribution is 2.26. The molecule has 0 radical (unpaired) electrons. The van der Waals surface area contributed by atoms with Crippen LogP contribution in [-0.2, 0) is 21.4 Å². The quantitative estimate of drug-likeness (QED) is 0.653. The second-order valence-electron chi connectivity index (χ2n) is 9.42. The van der Waals surface area contributed by atoms with Crippen molar-refractivity contribution in [2.45, 2.75) is 44.2 Å². The van der Waals surface area contributed by atoms with Gasteiger partial charge in [-0.05, 0) is 55.5 Å². The Morgan fingerprint density at radius 3 is 2.29 bits per heavy atom. The SMILES string of the molecule is Cc1ccc(S(=O)(=O)N(CC(=O)N2CCNCC2)C2CCN(Cc3ccccc3)CC2)cc1C. The molecule has 1 N–H and O–H groups in total. The Balaban J connectivity index is 1.52. The van der Waals surface area contributed by atoms with E-state index < -0.39 is 10.0 Å². The molecule has 2 aromatic rings. The van der Waals surface area contributed by atoms with Crippen LogP contribution in [0, 0.1) is 13.8 Å². The Morgan fingerprint density at radius 2 is 1.65 bits per heavy atom. The molecule has 2 aliphatic heterocycles. The molecule has 0 saturated carbocycles. The van der Waals surface area contributed by atoms with Crippen LogP contribution in [0.3, 0.4) is 0 Å². The molecule has 2 saturated heterocycles. The summed E-state index contributed by atoms with van der Waals surface area (Å²) in [6.07, 6.45) is 1.43. The first-order valence-electron chi connectivity index (χ1n) is 12.2. The van der Waals surface area contributed by atoms with Gasteiger partial charge in [0.15, 0.2) is 0 Å². The van der Waals surface area contributed by atoms with Gasteiger partial charge in [-0.25, -0.2) is 8.42 Å². The van der Waals surface area contributed by atoms with Crippen molar-refractivity contribution in [1.82, 2.24) is 19.4 Å². The molecule has 0 unspecified atom stereocenters. The fourth-order valence-electron chi connectivity index (χ4n) is 4.77. The summed E-state index contributed by atoms with van der Waals surface area (Å²) >= 11 is 0. The first-order valence-corrected chi connectivity index (χ1v) is 13.6. The number of amides is 1. The van der Waals surface area contributed by atoms with Crippen LogP contribution in [0.2, 0.25) is 0 Å². The number of aryl methyl sites for hydroxylation is 2. The molecule has 184 valence electrons. The summed E-state index contributed by atoms with van der Waals surface area (Å²) in [5.41, 5.74) is 3.25. The van der Waals surface area contributed by atoms with Crippen LogP contribution >= 0.6 is 0 Å². The average Bonchev–Trinajstić information content (AvgIpc) is 2.85. The standard InChI is InChI=1S/C26H36N4O3S/c1-21-8-9-25(18-22(21)2)34(32,33)30(20-26(31)29-16-12-27-13-17-29)24-10-14-28(15-11-24)19-23-6-4-3-5-7-23/h3-9,18,24,27H,10-17,19-20H2,1-2H3. The number of piperidine rings is 1. The predicted molar refractivity (Wildman–Crippen MR) is 134 cm³/mol. The number of carbonyl (C=O) groups excluding carboxylic acids is 1. The lowest BCUT2D eigenvalue weighted by Crippen LogP contribution is -2.53. The zero-order chi connectivity index (χ0) is 24.1. The number of nitrogens with one attached hydrogen (secondary N) is 1. The maximum atomic E-state index is 13.8. The van der Waals surface area contributed by atoms with Crippen LogP contribution in [-0.4, -0.2) is 80.3 Å². The summed E-state index contributed by atoms with van der Waals surface area (Å²) in [6.45, 7) is 8.99. The number of likely N-dealkylation sites (tertiary alicyclic amines) is 1. The summed E-state index contributed by atoms with van der Waals surface area (Å²) in [5.74, 6) is -0.111. The van der Waals surface area contributed by atoms with E-state index in [1.807, 2.05) is 38.1 Å². The van der Waals surface area contributed by atoms with E-state index in [0.717, 1.165) is 43.9 Å². The normalized spacial score (nSPS) is 18.4. The molecular weight excluding hydrogens is 448 g/mol. The Morgan fingerprint density at radius 1 is 0.971 bits per heavy atom. The molecule has 0 aliphatic carbocycles. The number of carbonyl (C=O) groups is 1. The highest BCUT2D eigenvalue weighted by atomic mass is 32.2. The molecule has 8 heteroatoms. The van der Waals surface area contributed by atoms with Gasteiger partial charge in [-0.15, -0.1) is 0 Å². The third kappa shape index (κ3) is 5.86. The molecule has 2 aliphatic rings. The van der Waals surface area contributed by atoms with Crippen LogP contribution in [0.15, 0.2) is 53.4 Å². The summed E-state index contributed by atoms with van der Waals surface area (Å²) in [7, 11) is -3.80. The van der Waals surface area contributed by atoms with Crippen molar-refractivity contribution in [3.05, 3.63) is 65.2 Å². The zero-order valence-electron chi connectivity index (χ0n) is 20.2. The van der Waals surface area contributed by atoms with Crippen molar-refractivity contribution in [3.63, 3.8) is 0 Å². The molecular formula is C26H36N4O3S. The monoisotopic (exact) mass is 484 g/mol. The van der Waals surface area contributed by atoms with E-state index in [1.165, 1.54) is 9.87 Å². The third-order valence-corrected chi connectivity index (χ3v) is 8.95. The first-order chi connectivity index (χ1) is 16.3. The number of sulfonamides is 1. The molecule has 4 rings (SSSR count). The third-order valence-electron chi connectivity index (χ3n) is 7.06. The lowest BCUT2D eigenvalue weighted by atomic mass is 10.0. The Bertz CT molecular complexity index is 1080. The average molecular weight is 485 g/mol. The number of hydrogen-bond acceptors (Lipinski definition) is 5. The van der Waals surface area contributed by atoms with E-state index >= 15 is 0 Å². The number of benzene rings is 2. The Hall–Kier alpha value is -2.26. The summed E-state index contributed by atoms with van der Waals surface area (Å²) in [6, 6.07) is 15.4. The van der Waals surface area contributed by atoms with E-state index in [4.69, 9.17) is 0 Å². The van der Waals surface area contributed by atoms with Crippen LogP contribution in [0.25, 0.3) is 0 Å². The summed E-state index contributed by atoms with van der Waals surface area (Å²) in [4.78, 5) is 17.6. The summed E-state index contributed by atoms with van der Waals surface area (Å²) < 4.78 is 29.1. The van der Waals surface area contributed by atoms with Gasteiger partial charge in [0.2, 0.25) is 15.9 Å². The molecule has 0 aromatic heterocycles. The number of rotatable bonds is 7. The molecule has 0 atom stereocenters. The Labute approximate surface area is 203 Å². The van der Waals surface area contributed by atoms with E-state index in [2.05, 4.69) is 22.3 Å². The molecule has 1 amide bonds. The van der Waals surface area contributed by atoms with Crippen molar-refractivity contribution in [2.24, 2.45) is 0 Å².